The number of para-hydroxylation sites is 1. The topological polar surface area (TPSA) is 121 Å². The van der Waals surface area contributed by atoms with Gasteiger partial charge in [-0.15, -0.1) is 11.8 Å². The summed E-state index contributed by atoms with van der Waals surface area (Å²) in [6.45, 7) is 0. The van der Waals surface area contributed by atoms with E-state index in [-0.39, 0.29) is 11.7 Å². The van der Waals surface area contributed by atoms with Crippen LogP contribution in [0.3, 0.4) is 0 Å². The highest BCUT2D eigenvalue weighted by molar-refractivity contribution is 8.00. The number of rotatable bonds is 6. The van der Waals surface area contributed by atoms with Crippen LogP contribution in [-0.4, -0.2) is 27.8 Å². The number of benzene rings is 2. The number of aromatic nitrogens is 1. The second kappa shape index (κ2) is 8.28. The predicted molar refractivity (Wildman–Crippen MR) is 101 cm³/mol. The van der Waals surface area contributed by atoms with Crippen molar-refractivity contribution in [3.05, 3.63) is 70.4 Å². The Morgan fingerprint density at radius 2 is 2.07 bits per heavy atom. The highest BCUT2D eigenvalue weighted by Crippen LogP contribution is 2.26. The summed E-state index contributed by atoms with van der Waals surface area (Å²) >= 11 is 1.33. The van der Waals surface area contributed by atoms with Crippen LogP contribution in [0.5, 0.6) is 5.75 Å². The van der Waals surface area contributed by atoms with Gasteiger partial charge in [-0.25, -0.2) is 5.43 Å². The number of fused-ring (bicyclic) bond motifs is 1. The summed E-state index contributed by atoms with van der Waals surface area (Å²) in [7, 11) is 0. The minimum Gasteiger partial charge on any atom is -0.868 e. The zero-order valence-corrected chi connectivity index (χ0v) is 14.7. The van der Waals surface area contributed by atoms with Crippen molar-refractivity contribution in [2.24, 2.45) is 5.10 Å². The Balaban J connectivity index is 1.59. The van der Waals surface area contributed by atoms with E-state index in [0.29, 0.717) is 5.56 Å². The number of carbonyl (C=O) groups is 1. The van der Waals surface area contributed by atoms with E-state index in [9.17, 15) is 20.0 Å². The summed E-state index contributed by atoms with van der Waals surface area (Å²) < 4.78 is 0. The van der Waals surface area contributed by atoms with Gasteiger partial charge in [0.2, 0.25) is 5.91 Å². The fourth-order valence-electron chi connectivity index (χ4n) is 2.30. The zero-order chi connectivity index (χ0) is 19.2. The van der Waals surface area contributed by atoms with Gasteiger partial charge in [0.15, 0.2) is 0 Å². The fraction of sp³-hybridized carbons (Fsp3) is 0.0556. The van der Waals surface area contributed by atoms with Crippen LogP contribution >= 0.6 is 11.8 Å². The minimum absolute atomic E-state index is 0.132. The third-order valence-corrected chi connectivity index (χ3v) is 4.58. The number of nitro benzene ring substituents is 1. The number of amides is 1. The molecule has 0 aliphatic rings. The van der Waals surface area contributed by atoms with E-state index in [1.54, 1.807) is 6.20 Å². The first-order valence-electron chi connectivity index (χ1n) is 7.78. The summed E-state index contributed by atoms with van der Waals surface area (Å²) in [5.41, 5.74) is 2.98. The van der Waals surface area contributed by atoms with Gasteiger partial charge in [-0.2, -0.15) is 5.10 Å². The van der Waals surface area contributed by atoms with Gasteiger partial charge in [0.25, 0.3) is 5.69 Å². The molecule has 0 radical (unpaired) electrons. The normalized spacial score (nSPS) is 11.0. The predicted octanol–water partition coefficient (Wildman–Crippen LogP) is 2.46. The molecule has 0 aliphatic heterocycles. The Kier molecular flexibility index (Phi) is 5.62. The van der Waals surface area contributed by atoms with Gasteiger partial charge < -0.3 is 5.11 Å². The molecule has 3 rings (SSSR count). The van der Waals surface area contributed by atoms with Gasteiger partial charge in [0, 0.05) is 28.1 Å². The van der Waals surface area contributed by atoms with Crippen molar-refractivity contribution in [2.45, 2.75) is 4.90 Å². The molecule has 0 unspecified atom stereocenters. The van der Waals surface area contributed by atoms with E-state index in [0.717, 1.165) is 27.9 Å². The number of hydrazone groups is 1. The van der Waals surface area contributed by atoms with Crippen molar-refractivity contribution in [3.63, 3.8) is 0 Å². The minimum atomic E-state index is -0.757. The van der Waals surface area contributed by atoms with E-state index in [1.165, 1.54) is 24.0 Å². The van der Waals surface area contributed by atoms with E-state index >= 15 is 0 Å². The molecule has 1 amide bonds. The van der Waals surface area contributed by atoms with Gasteiger partial charge >= 0.3 is 0 Å². The molecule has 1 heterocycles. The lowest BCUT2D eigenvalue weighted by Gasteiger charge is -2.06. The molecular weight excluding hydrogens is 368 g/mol. The third-order valence-electron chi connectivity index (χ3n) is 3.54. The summed E-state index contributed by atoms with van der Waals surface area (Å²) in [5, 5.41) is 26.9. The molecule has 0 fully saturated rings. The molecule has 0 aliphatic carbocycles. The van der Waals surface area contributed by atoms with Crippen LogP contribution < -0.4 is 10.5 Å². The van der Waals surface area contributed by atoms with Crippen molar-refractivity contribution in [3.8, 4) is 5.75 Å². The quantitative estimate of drug-likeness (QED) is 0.303. The maximum Gasteiger partial charge on any atom is 0.262 e. The van der Waals surface area contributed by atoms with Gasteiger partial charge in [-0.05, 0) is 17.9 Å². The zero-order valence-electron chi connectivity index (χ0n) is 13.9. The molecular formula is C18H13N4O4S-. The molecule has 0 atom stereocenters. The molecule has 1 aromatic heterocycles. The van der Waals surface area contributed by atoms with Crippen LogP contribution in [0.2, 0.25) is 0 Å². The summed E-state index contributed by atoms with van der Waals surface area (Å²) in [4.78, 5) is 27.2. The molecule has 27 heavy (non-hydrogen) atoms. The molecule has 1 N–H and O–H groups in total. The highest BCUT2D eigenvalue weighted by Gasteiger charge is 2.08. The van der Waals surface area contributed by atoms with Crippen molar-refractivity contribution < 1.29 is 14.8 Å². The largest absolute Gasteiger partial charge is 0.868 e. The number of hydrogen-bond acceptors (Lipinski definition) is 7. The fourth-order valence-corrected chi connectivity index (χ4v) is 3.14. The molecule has 8 nitrogen and oxygen atoms in total. The third kappa shape index (κ3) is 4.59. The Morgan fingerprint density at radius 1 is 1.26 bits per heavy atom. The molecule has 0 saturated heterocycles. The maximum absolute atomic E-state index is 11.9. The molecule has 136 valence electrons. The number of carbonyl (C=O) groups excluding carboxylic acids is 1. The lowest BCUT2D eigenvalue weighted by Crippen LogP contribution is -2.19. The maximum atomic E-state index is 11.9. The van der Waals surface area contributed by atoms with Crippen LogP contribution in [0.25, 0.3) is 10.9 Å². The van der Waals surface area contributed by atoms with Crippen molar-refractivity contribution >= 4 is 40.5 Å². The average molecular weight is 381 g/mol. The second-order valence-electron chi connectivity index (χ2n) is 5.40. The van der Waals surface area contributed by atoms with Crippen LogP contribution in [-0.2, 0) is 4.79 Å². The first kappa shape index (κ1) is 18.3. The van der Waals surface area contributed by atoms with Crippen LogP contribution in [0, 0.1) is 10.1 Å². The Morgan fingerprint density at radius 3 is 2.89 bits per heavy atom. The average Bonchev–Trinajstić information content (AvgIpc) is 2.67. The molecule has 9 heteroatoms. The first-order chi connectivity index (χ1) is 13.0. The molecule has 0 spiro atoms. The summed E-state index contributed by atoms with van der Waals surface area (Å²) in [6, 6.07) is 13.1. The van der Waals surface area contributed by atoms with E-state index in [4.69, 9.17) is 0 Å². The van der Waals surface area contributed by atoms with E-state index < -0.39 is 16.4 Å². The Hall–Kier alpha value is -3.46. The number of hydrogen-bond donors (Lipinski definition) is 1. The molecule has 0 bridgehead atoms. The van der Waals surface area contributed by atoms with Crippen LogP contribution in [0.1, 0.15) is 5.56 Å². The van der Waals surface area contributed by atoms with E-state index in [1.807, 2.05) is 30.3 Å². The lowest BCUT2D eigenvalue weighted by atomic mass is 10.2. The summed E-state index contributed by atoms with van der Waals surface area (Å²) in [6.07, 6.45) is 2.94. The van der Waals surface area contributed by atoms with Crippen LogP contribution in [0.4, 0.5) is 5.69 Å². The van der Waals surface area contributed by atoms with Crippen molar-refractivity contribution in [1.82, 2.24) is 10.4 Å². The molecule has 2 aromatic carbocycles. The van der Waals surface area contributed by atoms with Crippen LogP contribution in [0.15, 0.2) is 64.7 Å². The lowest BCUT2D eigenvalue weighted by molar-refractivity contribution is -0.398. The first-order valence-corrected chi connectivity index (χ1v) is 8.77. The smallest absolute Gasteiger partial charge is 0.262 e. The monoisotopic (exact) mass is 381 g/mol. The summed E-state index contributed by atoms with van der Waals surface area (Å²) in [5.74, 6) is -0.882. The SMILES string of the molecule is O=C(CSc1cccc2cccnc12)N/N=C\c1ccc([O-])c([N+](=O)[O-])c1. The Bertz CT molecular complexity index is 1030. The second-order valence-corrected chi connectivity index (χ2v) is 6.41. The number of pyridine rings is 1. The number of nitrogens with one attached hydrogen (secondary N) is 1. The van der Waals surface area contributed by atoms with Gasteiger partial charge in [0.1, 0.15) is 0 Å². The van der Waals surface area contributed by atoms with Crippen molar-refractivity contribution in [1.29, 1.82) is 0 Å². The van der Waals surface area contributed by atoms with Gasteiger partial charge in [0.05, 0.1) is 22.4 Å². The Labute approximate surface area is 158 Å². The number of nitro groups is 1. The number of thioether (sulfide) groups is 1. The highest BCUT2D eigenvalue weighted by atomic mass is 32.2. The molecule has 3 aromatic rings. The van der Waals surface area contributed by atoms with E-state index in [2.05, 4.69) is 15.5 Å². The standard InChI is InChI=1S/C18H14N4O4S/c23-15-7-6-12(9-14(15)22(25)26)10-20-21-17(24)11-27-16-5-1-3-13-4-2-8-19-18(13)16/h1-10,23H,11H2,(H,21,24)/p-1/b20-10-. The van der Waals surface area contributed by atoms with Gasteiger partial charge in [-0.1, -0.05) is 30.3 Å². The van der Waals surface area contributed by atoms with Crippen molar-refractivity contribution in [2.75, 3.05) is 5.75 Å². The van der Waals surface area contributed by atoms with Gasteiger partial charge in [-0.3, -0.25) is 19.9 Å². The molecule has 0 saturated carbocycles. The number of nitrogens with zero attached hydrogens (tertiary/aromatic N) is 3.